The van der Waals surface area contributed by atoms with Crippen LogP contribution < -0.4 is 9.64 Å². The summed E-state index contributed by atoms with van der Waals surface area (Å²) in [6, 6.07) is 90.2. The average molecular weight is 920 g/mol. The maximum absolute atomic E-state index is 7.18. The minimum atomic E-state index is -0.622. The molecule has 0 fully saturated rings. The van der Waals surface area contributed by atoms with E-state index in [2.05, 4.69) is 248 Å². The minimum Gasteiger partial charge on any atom is -0.457 e. The second kappa shape index (κ2) is 14.6. The van der Waals surface area contributed by atoms with Crippen molar-refractivity contribution in [1.29, 1.82) is 0 Å². The van der Waals surface area contributed by atoms with Crippen LogP contribution in [0.1, 0.15) is 44.5 Å². The van der Waals surface area contributed by atoms with Crippen LogP contribution in [0.2, 0.25) is 0 Å². The highest BCUT2D eigenvalue weighted by atomic mass is 16.5. The molecule has 0 saturated carbocycles. The van der Waals surface area contributed by atoms with Crippen molar-refractivity contribution < 1.29 is 13.6 Å². The van der Waals surface area contributed by atoms with Gasteiger partial charge in [-0.3, -0.25) is 0 Å². The number of nitrogens with zero attached hydrogens (tertiary/aromatic N) is 1. The van der Waals surface area contributed by atoms with Gasteiger partial charge in [0.15, 0.2) is 0 Å². The molecule has 0 bridgehead atoms. The van der Waals surface area contributed by atoms with E-state index < -0.39 is 10.8 Å². The lowest BCUT2D eigenvalue weighted by atomic mass is 9.66. The third kappa shape index (κ3) is 5.05. The van der Waals surface area contributed by atoms with Gasteiger partial charge >= 0.3 is 0 Å². The lowest BCUT2D eigenvalue weighted by Crippen LogP contribution is -2.32. The molecule has 2 aromatic heterocycles. The monoisotopic (exact) mass is 919 g/mol. The Bertz CT molecular complexity index is 4310. The van der Waals surface area contributed by atoms with Crippen LogP contribution in [0, 0.1) is 0 Å². The highest BCUT2D eigenvalue weighted by Gasteiger charge is 2.52. The third-order valence-corrected chi connectivity index (χ3v) is 16.0. The maximum atomic E-state index is 7.18. The molecule has 0 amide bonds. The summed E-state index contributed by atoms with van der Waals surface area (Å²) in [5, 5.41) is 4.19. The van der Waals surface area contributed by atoms with Crippen LogP contribution in [0.4, 0.5) is 17.1 Å². The Morgan fingerprint density at radius 3 is 1.44 bits per heavy atom. The van der Waals surface area contributed by atoms with E-state index in [1.165, 1.54) is 55.6 Å². The first-order valence-corrected chi connectivity index (χ1v) is 24.7. The number of hydrogen-bond donors (Lipinski definition) is 0. The van der Waals surface area contributed by atoms with Crippen molar-refractivity contribution >= 4 is 60.9 Å². The van der Waals surface area contributed by atoms with Crippen molar-refractivity contribution in [2.24, 2.45) is 0 Å². The second-order valence-electron chi connectivity index (χ2n) is 19.4. The van der Waals surface area contributed by atoms with Gasteiger partial charge < -0.3 is 18.5 Å². The van der Waals surface area contributed by atoms with Crippen molar-refractivity contribution in [3.8, 4) is 33.8 Å². The first-order valence-electron chi connectivity index (χ1n) is 24.7. The second-order valence-corrected chi connectivity index (χ2v) is 19.4. The van der Waals surface area contributed by atoms with E-state index in [0.29, 0.717) is 0 Å². The van der Waals surface area contributed by atoms with Gasteiger partial charge in [0.2, 0.25) is 0 Å². The molecule has 4 heteroatoms. The fourth-order valence-electron chi connectivity index (χ4n) is 13.3. The Kier molecular flexibility index (Phi) is 7.99. The zero-order valence-corrected chi connectivity index (χ0v) is 38.8. The highest BCUT2D eigenvalue weighted by Crippen LogP contribution is 2.63. The predicted octanol–water partition coefficient (Wildman–Crippen LogP) is 17.8. The van der Waals surface area contributed by atoms with Gasteiger partial charge in [0.05, 0.1) is 33.0 Å². The molecule has 3 heterocycles. The van der Waals surface area contributed by atoms with Crippen LogP contribution >= 0.6 is 0 Å². The molecule has 4 nitrogen and oxygen atoms in total. The molecule has 0 N–H and O–H groups in total. The van der Waals surface area contributed by atoms with Gasteiger partial charge in [0.25, 0.3) is 0 Å². The van der Waals surface area contributed by atoms with Crippen LogP contribution in [0.25, 0.3) is 66.1 Å². The molecule has 336 valence electrons. The van der Waals surface area contributed by atoms with Crippen LogP contribution in [-0.4, -0.2) is 0 Å². The zero-order chi connectivity index (χ0) is 47.1. The summed E-state index contributed by atoms with van der Waals surface area (Å²) in [7, 11) is 0. The molecule has 16 rings (SSSR count). The molecule has 13 aromatic rings. The molecular weight excluding hydrogens is 879 g/mol. The third-order valence-electron chi connectivity index (χ3n) is 16.0. The van der Waals surface area contributed by atoms with E-state index in [9.17, 15) is 0 Å². The van der Waals surface area contributed by atoms with Crippen LogP contribution in [0.15, 0.2) is 258 Å². The van der Waals surface area contributed by atoms with Gasteiger partial charge in [-0.1, -0.05) is 182 Å². The number of ether oxygens (including phenoxy) is 1. The summed E-state index contributed by atoms with van der Waals surface area (Å²) in [4.78, 5) is 2.46. The molecule has 72 heavy (non-hydrogen) atoms. The van der Waals surface area contributed by atoms with E-state index >= 15 is 0 Å². The number of para-hydroxylation sites is 3. The number of fused-ring (bicyclic) bond motifs is 18. The van der Waals surface area contributed by atoms with Gasteiger partial charge in [-0.25, -0.2) is 0 Å². The van der Waals surface area contributed by atoms with Crippen molar-refractivity contribution in [2.75, 3.05) is 4.90 Å². The van der Waals surface area contributed by atoms with E-state index in [1.807, 2.05) is 6.07 Å². The molecule has 0 radical (unpaired) electrons. The number of rotatable bonds is 5. The number of anilines is 3. The van der Waals surface area contributed by atoms with Crippen molar-refractivity contribution in [1.82, 2.24) is 0 Å². The van der Waals surface area contributed by atoms with E-state index in [1.54, 1.807) is 0 Å². The number of hydrogen-bond acceptors (Lipinski definition) is 4. The van der Waals surface area contributed by atoms with Crippen molar-refractivity contribution in [3.05, 3.63) is 293 Å². The highest BCUT2D eigenvalue weighted by molar-refractivity contribution is 6.19. The summed E-state index contributed by atoms with van der Waals surface area (Å²) >= 11 is 0. The Hall–Kier alpha value is -9.38. The van der Waals surface area contributed by atoms with Gasteiger partial charge in [-0.2, -0.15) is 0 Å². The maximum Gasteiger partial charge on any atom is 0.137 e. The molecule has 0 atom stereocenters. The van der Waals surface area contributed by atoms with Gasteiger partial charge in [0.1, 0.15) is 33.8 Å². The van der Waals surface area contributed by atoms with E-state index in [-0.39, 0.29) is 0 Å². The normalized spacial score (nSPS) is 14.2. The minimum absolute atomic E-state index is 0.593. The molecule has 1 spiro atoms. The van der Waals surface area contributed by atoms with Gasteiger partial charge in [0, 0.05) is 27.6 Å². The summed E-state index contributed by atoms with van der Waals surface area (Å²) in [5.41, 5.74) is 19.6. The van der Waals surface area contributed by atoms with Gasteiger partial charge in [-0.05, 0) is 122 Å². The average Bonchev–Trinajstić information content (AvgIpc) is 4.18. The lowest BCUT2D eigenvalue weighted by molar-refractivity contribution is 0.436. The molecule has 2 aliphatic carbocycles. The Morgan fingerprint density at radius 2 is 0.778 bits per heavy atom. The molecular formula is C68H41NO3. The van der Waals surface area contributed by atoms with Crippen LogP contribution in [0.5, 0.6) is 11.5 Å². The van der Waals surface area contributed by atoms with Gasteiger partial charge in [-0.15, -0.1) is 0 Å². The van der Waals surface area contributed by atoms with Crippen LogP contribution in [0.3, 0.4) is 0 Å². The molecule has 1 aliphatic heterocycles. The quantitative estimate of drug-likeness (QED) is 0.172. The fraction of sp³-hybridized carbons (Fsp3) is 0.0294. The smallest absolute Gasteiger partial charge is 0.137 e. The summed E-state index contributed by atoms with van der Waals surface area (Å²) in [6.07, 6.45) is 0. The van der Waals surface area contributed by atoms with Crippen molar-refractivity contribution in [3.63, 3.8) is 0 Å². The fourth-order valence-corrected chi connectivity index (χ4v) is 13.3. The Labute approximate surface area is 415 Å². The molecule has 11 aromatic carbocycles. The molecule has 0 saturated heterocycles. The lowest BCUT2D eigenvalue weighted by Gasteiger charge is -2.39. The summed E-state index contributed by atoms with van der Waals surface area (Å²) in [5.74, 6) is 1.73. The topological polar surface area (TPSA) is 38.8 Å². The number of benzene rings is 11. The van der Waals surface area contributed by atoms with Crippen LogP contribution in [-0.2, 0) is 10.8 Å². The predicted molar refractivity (Wildman–Crippen MR) is 290 cm³/mol. The van der Waals surface area contributed by atoms with Crippen molar-refractivity contribution in [2.45, 2.75) is 10.8 Å². The van der Waals surface area contributed by atoms with E-state index in [0.717, 1.165) is 83.6 Å². The SMILES string of the molecule is c1ccc(C2(c3ccccc3)c3ccccc3-c3ccc(N(c4cccc5oc6ccccc6c45)c4cccc5oc6cc7c(cc6c45)-c4ccccc4C74c5ccccc5Oc5ccccc54)cc32)cc1. The Morgan fingerprint density at radius 1 is 0.292 bits per heavy atom. The standard InChI is InChI=1S/C68H41NO3/c1-3-19-42(20-4-1)67(43-21-5-2-6-22-43)51-26-10-7-23-45(51)47-38-37-44(39-55(47)67)69(57-30-17-35-62-65(57)48-25-9-14-32-59(48)70-62)58-31-18-36-63-66(58)50-40-49-46-24-8-11-27-52(46)68(56(49)41-64(50)72-63)53-28-12-15-33-60(53)71-61-34-16-13-29-54(61)68/h1-41H. The first-order chi connectivity index (χ1) is 35.7. The Balaban J connectivity index is 1.00. The zero-order valence-electron chi connectivity index (χ0n) is 38.8. The molecule has 0 unspecified atom stereocenters. The summed E-state index contributed by atoms with van der Waals surface area (Å²) < 4.78 is 20.5. The molecule has 3 aliphatic rings. The van der Waals surface area contributed by atoms with E-state index in [4.69, 9.17) is 13.6 Å². The first kappa shape index (κ1) is 39.5. The summed E-state index contributed by atoms with van der Waals surface area (Å²) in [6.45, 7) is 0. The number of furan rings is 2. The largest absolute Gasteiger partial charge is 0.457 e.